The molecule has 1 nitrogen and oxygen atoms in total. The molecule has 1 aromatic rings. The minimum atomic E-state index is -1.52. The van der Waals surface area contributed by atoms with Crippen LogP contribution in [0.3, 0.4) is 0 Å². The van der Waals surface area contributed by atoms with Crippen molar-refractivity contribution >= 4 is 13.9 Å². The van der Waals surface area contributed by atoms with Crippen molar-refractivity contribution in [1.29, 1.82) is 0 Å². The molecule has 0 saturated carbocycles. The smallest absolute Gasteiger partial charge is 0.235 e. The van der Waals surface area contributed by atoms with Crippen LogP contribution in [0.25, 0.3) is 0 Å². The van der Waals surface area contributed by atoms with Crippen molar-refractivity contribution in [2.24, 2.45) is 0 Å². The van der Waals surface area contributed by atoms with Crippen molar-refractivity contribution in [3.63, 3.8) is 0 Å². The first-order valence-corrected chi connectivity index (χ1v) is 8.21. The lowest BCUT2D eigenvalue weighted by Crippen LogP contribution is -2.17. The van der Waals surface area contributed by atoms with E-state index in [4.69, 9.17) is 0 Å². The monoisotopic (exact) mass is 220 g/mol. The van der Waals surface area contributed by atoms with Crippen LogP contribution >= 0.6 is 0 Å². The number of halogens is 1. The predicted molar refractivity (Wildman–Crippen MR) is 61.9 cm³/mol. The summed E-state index contributed by atoms with van der Waals surface area (Å²) in [6.07, 6.45) is 0. The summed E-state index contributed by atoms with van der Waals surface area (Å²) >= 11 is 0. The van der Waals surface area contributed by atoms with E-state index in [9.17, 15) is 9.18 Å². The number of ketones is 1. The summed E-state index contributed by atoms with van der Waals surface area (Å²) in [7, 11) is -1.52. The molecule has 0 radical (unpaired) electrons. The highest BCUT2D eigenvalue weighted by molar-refractivity contribution is 6.84. The second-order valence-electron chi connectivity index (χ2n) is 4.34. The summed E-state index contributed by atoms with van der Waals surface area (Å²) in [4.78, 5) is 11.5. The molecule has 0 aliphatic carbocycles. The van der Waals surface area contributed by atoms with Gasteiger partial charge in [-0.1, -0.05) is 19.6 Å². The molecule has 0 N–H and O–H groups in total. The number of carbonyl (C=O) groups is 1. The third kappa shape index (κ3) is 4.09. The lowest BCUT2D eigenvalue weighted by Gasteiger charge is -2.02. The van der Waals surface area contributed by atoms with Gasteiger partial charge in [0.2, 0.25) is 5.78 Å². The molecule has 0 unspecified atom stereocenters. The standard InChI is InChI=1S/C12H13FOSi/c1-15(2,3)9-8-12(14)10-4-6-11(13)7-5-10/h4-7H,1-3H3. The molecule has 3 heteroatoms. The van der Waals surface area contributed by atoms with Crippen molar-refractivity contribution in [1.82, 2.24) is 0 Å². The number of Topliss-reactive ketones (excluding diaryl/α,β-unsaturated/α-hetero) is 1. The zero-order valence-corrected chi connectivity index (χ0v) is 10.1. The fourth-order valence-corrected chi connectivity index (χ4v) is 1.41. The molecule has 1 aromatic carbocycles. The van der Waals surface area contributed by atoms with Gasteiger partial charge < -0.3 is 0 Å². The van der Waals surface area contributed by atoms with E-state index in [2.05, 4.69) is 31.1 Å². The molecule has 0 amide bonds. The number of hydrogen-bond acceptors (Lipinski definition) is 1. The Hall–Kier alpha value is -1.40. The van der Waals surface area contributed by atoms with Crippen LogP contribution in [0, 0.1) is 17.3 Å². The molecule has 0 heterocycles. The molecule has 0 bridgehead atoms. The Kier molecular flexibility index (Phi) is 3.43. The highest BCUT2D eigenvalue weighted by atomic mass is 28.3. The molecular formula is C12H13FOSi. The molecule has 0 aliphatic heterocycles. The first-order valence-electron chi connectivity index (χ1n) is 4.71. The topological polar surface area (TPSA) is 17.1 Å². The Morgan fingerprint density at radius 3 is 2.20 bits per heavy atom. The van der Waals surface area contributed by atoms with Crippen molar-refractivity contribution in [3.8, 4) is 11.5 Å². The third-order valence-corrected chi connectivity index (χ3v) is 2.53. The van der Waals surface area contributed by atoms with Crippen molar-refractivity contribution < 1.29 is 9.18 Å². The van der Waals surface area contributed by atoms with Gasteiger partial charge in [-0.2, -0.15) is 0 Å². The van der Waals surface area contributed by atoms with Crippen LogP contribution in [0.15, 0.2) is 24.3 Å². The largest absolute Gasteiger partial charge is 0.279 e. The Labute approximate surface area is 90.3 Å². The van der Waals surface area contributed by atoms with Gasteiger partial charge in [0.25, 0.3) is 0 Å². The van der Waals surface area contributed by atoms with Gasteiger partial charge in [0.1, 0.15) is 13.9 Å². The molecule has 78 valence electrons. The Morgan fingerprint density at radius 1 is 1.20 bits per heavy atom. The van der Waals surface area contributed by atoms with Crippen LogP contribution in [-0.4, -0.2) is 13.9 Å². The van der Waals surface area contributed by atoms with E-state index in [1.165, 1.54) is 24.3 Å². The average molecular weight is 220 g/mol. The molecule has 0 spiro atoms. The number of benzene rings is 1. The summed E-state index contributed by atoms with van der Waals surface area (Å²) in [6.45, 7) is 6.20. The van der Waals surface area contributed by atoms with Crippen LogP contribution in [0.2, 0.25) is 19.6 Å². The number of rotatable bonds is 1. The van der Waals surface area contributed by atoms with Gasteiger partial charge in [-0.15, -0.1) is 5.54 Å². The van der Waals surface area contributed by atoms with Crippen LogP contribution in [-0.2, 0) is 0 Å². The van der Waals surface area contributed by atoms with Crippen LogP contribution in [0.4, 0.5) is 4.39 Å². The molecule has 15 heavy (non-hydrogen) atoms. The predicted octanol–water partition coefficient (Wildman–Crippen LogP) is 2.89. The van der Waals surface area contributed by atoms with E-state index in [0.717, 1.165) is 0 Å². The van der Waals surface area contributed by atoms with Crippen LogP contribution in [0.5, 0.6) is 0 Å². The molecule has 0 saturated heterocycles. The van der Waals surface area contributed by atoms with E-state index < -0.39 is 8.07 Å². The van der Waals surface area contributed by atoms with E-state index >= 15 is 0 Å². The number of hydrogen-bond donors (Lipinski definition) is 0. The fourth-order valence-electron chi connectivity index (χ4n) is 0.918. The van der Waals surface area contributed by atoms with E-state index in [-0.39, 0.29) is 11.6 Å². The summed E-state index contributed by atoms with van der Waals surface area (Å²) in [5.74, 6) is 2.03. The Balaban J connectivity index is 2.86. The van der Waals surface area contributed by atoms with Crippen molar-refractivity contribution in [3.05, 3.63) is 35.6 Å². The van der Waals surface area contributed by atoms with E-state index in [1.54, 1.807) is 0 Å². The maximum absolute atomic E-state index is 12.6. The zero-order chi connectivity index (χ0) is 11.5. The van der Waals surface area contributed by atoms with Gasteiger partial charge >= 0.3 is 0 Å². The summed E-state index contributed by atoms with van der Waals surface area (Å²) < 4.78 is 12.6. The maximum atomic E-state index is 12.6. The summed E-state index contributed by atoms with van der Waals surface area (Å²) in [6, 6.07) is 5.44. The lowest BCUT2D eigenvalue weighted by molar-refractivity contribution is 0.105. The van der Waals surface area contributed by atoms with Crippen LogP contribution < -0.4 is 0 Å². The van der Waals surface area contributed by atoms with E-state index in [1.807, 2.05) is 0 Å². The first kappa shape index (κ1) is 11.7. The lowest BCUT2D eigenvalue weighted by atomic mass is 10.1. The van der Waals surface area contributed by atoms with Gasteiger partial charge in [0, 0.05) is 5.56 Å². The quantitative estimate of drug-likeness (QED) is 0.404. The zero-order valence-electron chi connectivity index (χ0n) is 9.10. The second kappa shape index (κ2) is 4.41. The van der Waals surface area contributed by atoms with Gasteiger partial charge in [-0.05, 0) is 30.2 Å². The SMILES string of the molecule is C[Si](C)(C)C#CC(=O)c1ccc(F)cc1. The minimum absolute atomic E-state index is 0.238. The fraction of sp³-hybridized carbons (Fsp3) is 0.250. The average Bonchev–Trinajstić information content (AvgIpc) is 2.14. The normalized spacial score (nSPS) is 10.4. The Morgan fingerprint density at radius 2 is 1.73 bits per heavy atom. The maximum Gasteiger partial charge on any atom is 0.235 e. The van der Waals surface area contributed by atoms with Gasteiger partial charge in [0.05, 0.1) is 0 Å². The number of carbonyl (C=O) groups excluding carboxylic acids is 1. The highest BCUT2D eigenvalue weighted by Gasteiger charge is 2.09. The van der Waals surface area contributed by atoms with Crippen molar-refractivity contribution in [2.45, 2.75) is 19.6 Å². The third-order valence-electron chi connectivity index (χ3n) is 1.66. The summed E-state index contributed by atoms with van der Waals surface area (Å²) in [5, 5.41) is 0. The Bertz CT molecular complexity index is 418. The first-order chi connectivity index (χ1) is 6.88. The second-order valence-corrected chi connectivity index (χ2v) is 9.09. The highest BCUT2D eigenvalue weighted by Crippen LogP contribution is 2.03. The van der Waals surface area contributed by atoms with E-state index in [0.29, 0.717) is 5.56 Å². The van der Waals surface area contributed by atoms with Gasteiger partial charge in [0.15, 0.2) is 0 Å². The molecule has 0 atom stereocenters. The molecule has 0 fully saturated rings. The molecular weight excluding hydrogens is 207 g/mol. The molecule has 0 aromatic heterocycles. The van der Waals surface area contributed by atoms with Crippen LogP contribution in [0.1, 0.15) is 10.4 Å². The van der Waals surface area contributed by atoms with Crippen molar-refractivity contribution in [2.75, 3.05) is 0 Å². The minimum Gasteiger partial charge on any atom is -0.279 e. The van der Waals surface area contributed by atoms with Gasteiger partial charge in [-0.3, -0.25) is 4.79 Å². The molecule has 0 aliphatic rings. The van der Waals surface area contributed by atoms with Gasteiger partial charge in [-0.25, -0.2) is 4.39 Å². The summed E-state index contributed by atoms with van der Waals surface area (Å²) in [5.41, 5.74) is 3.43. The molecule has 1 rings (SSSR count).